The van der Waals surface area contributed by atoms with Crippen molar-refractivity contribution in [3.63, 3.8) is 0 Å². The third-order valence-corrected chi connectivity index (χ3v) is 5.21. The second kappa shape index (κ2) is 9.25. The number of hydrogen-bond acceptors (Lipinski definition) is 4. The van der Waals surface area contributed by atoms with Crippen LogP contribution in [0, 0.1) is 5.82 Å². The first-order valence-electron chi connectivity index (χ1n) is 9.21. The van der Waals surface area contributed by atoms with E-state index in [1.807, 2.05) is 0 Å². The van der Waals surface area contributed by atoms with Crippen LogP contribution >= 0.6 is 11.6 Å². The predicted octanol–water partition coefficient (Wildman–Crippen LogP) is -1.01. The van der Waals surface area contributed by atoms with Gasteiger partial charge >= 0.3 is 11.8 Å². The van der Waals surface area contributed by atoms with Crippen molar-refractivity contribution in [2.45, 2.75) is 12.8 Å². The maximum absolute atomic E-state index is 13.8. The van der Waals surface area contributed by atoms with Crippen molar-refractivity contribution >= 4 is 17.5 Å². The van der Waals surface area contributed by atoms with Gasteiger partial charge in [0.2, 0.25) is 5.89 Å². The van der Waals surface area contributed by atoms with E-state index in [9.17, 15) is 9.18 Å². The predicted molar refractivity (Wildman–Crippen MR) is 97.6 cm³/mol. The summed E-state index contributed by atoms with van der Waals surface area (Å²) in [4.78, 5) is 15.3. The smallest absolute Gasteiger partial charge is 0.308 e. The van der Waals surface area contributed by atoms with E-state index in [4.69, 9.17) is 16.0 Å². The normalized spacial score (nSPS) is 19.8. The van der Waals surface area contributed by atoms with Gasteiger partial charge in [-0.15, -0.1) is 10.2 Å². The van der Waals surface area contributed by atoms with Crippen molar-refractivity contribution in [3.05, 3.63) is 46.4 Å². The van der Waals surface area contributed by atoms with Gasteiger partial charge in [0.15, 0.2) is 0 Å². The molecule has 0 atom stereocenters. The molecule has 0 spiro atoms. The molecule has 146 valence electrons. The lowest BCUT2D eigenvalue weighted by molar-refractivity contribution is -1.00. The summed E-state index contributed by atoms with van der Waals surface area (Å²) in [5, 5.41) is 10.6. The fourth-order valence-corrected chi connectivity index (χ4v) is 3.40. The first-order chi connectivity index (χ1) is 13.0. The van der Waals surface area contributed by atoms with E-state index in [0.717, 1.165) is 13.0 Å². The van der Waals surface area contributed by atoms with Crippen LogP contribution in [0.4, 0.5) is 4.39 Å². The number of likely N-dealkylation sites (N-methyl/N-ethyl adjacent to an activating group) is 1. The summed E-state index contributed by atoms with van der Waals surface area (Å²) in [6, 6.07) is 4.43. The molecule has 7 nitrogen and oxygen atoms in total. The molecule has 27 heavy (non-hydrogen) atoms. The summed E-state index contributed by atoms with van der Waals surface area (Å²) < 4.78 is 19.2. The molecule has 1 fully saturated rings. The quantitative estimate of drug-likeness (QED) is 0.523. The van der Waals surface area contributed by atoms with E-state index in [2.05, 4.69) is 22.6 Å². The standard InChI is InChI=1S/C18H23ClFN5O2/c1-24-8-10-25(11-9-24)7-3-6-21-17(26)18-23-22-16(27-18)12-13-14(19)4-2-5-15(13)20/h2,4-5H,3,6-12H2,1H3,(H,21,26)/p+2. The van der Waals surface area contributed by atoms with Crippen molar-refractivity contribution in [1.82, 2.24) is 15.5 Å². The fraction of sp³-hybridized carbons (Fsp3) is 0.500. The Morgan fingerprint density at radius 3 is 2.81 bits per heavy atom. The van der Waals surface area contributed by atoms with Crippen LogP contribution in [0.5, 0.6) is 0 Å². The van der Waals surface area contributed by atoms with E-state index >= 15 is 0 Å². The van der Waals surface area contributed by atoms with Gasteiger partial charge < -0.3 is 19.5 Å². The second-order valence-electron chi connectivity index (χ2n) is 6.94. The van der Waals surface area contributed by atoms with Crippen molar-refractivity contribution in [2.75, 3.05) is 46.3 Å². The highest BCUT2D eigenvalue weighted by Crippen LogP contribution is 2.21. The van der Waals surface area contributed by atoms with E-state index in [1.54, 1.807) is 15.9 Å². The first kappa shape index (κ1) is 19.7. The molecule has 1 aliphatic rings. The van der Waals surface area contributed by atoms with Crippen LogP contribution in [0.1, 0.15) is 28.6 Å². The van der Waals surface area contributed by atoms with Gasteiger partial charge in [0.05, 0.1) is 20.0 Å². The maximum Gasteiger partial charge on any atom is 0.308 e. The van der Waals surface area contributed by atoms with Crippen LogP contribution in [-0.4, -0.2) is 62.4 Å². The number of nitrogens with zero attached hydrogens (tertiary/aromatic N) is 2. The number of aromatic nitrogens is 2. The molecule has 1 amide bonds. The Hall–Kier alpha value is -2.03. The Bertz CT molecular complexity index is 757. The molecule has 2 aromatic rings. The van der Waals surface area contributed by atoms with E-state index in [-0.39, 0.29) is 28.8 Å². The largest absolute Gasteiger partial charge is 0.417 e. The number of benzene rings is 1. The summed E-state index contributed by atoms with van der Waals surface area (Å²) >= 11 is 5.99. The first-order valence-corrected chi connectivity index (χ1v) is 9.59. The molecule has 0 bridgehead atoms. The van der Waals surface area contributed by atoms with Crippen LogP contribution < -0.4 is 15.1 Å². The average molecular weight is 398 g/mol. The maximum atomic E-state index is 13.8. The van der Waals surface area contributed by atoms with Crippen LogP contribution in [0.2, 0.25) is 5.02 Å². The number of hydrogen-bond donors (Lipinski definition) is 3. The molecule has 3 rings (SSSR count). The Balaban J connectivity index is 1.44. The lowest BCUT2D eigenvalue weighted by Crippen LogP contribution is -3.27. The summed E-state index contributed by atoms with van der Waals surface area (Å²) in [5.41, 5.74) is 0.270. The molecule has 0 aliphatic carbocycles. The summed E-state index contributed by atoms with van der Waals surface area (Å²) in [5.74, 6) is -0.824. The number of amides is 1. The Morgan fingerprint density at radius 2 is 2.07 bits per heavy atom. The number of carbonyl (C=O) groups is 1. The van der Waals surface area contributed by atoms with E-state index < -0.39 is 11.7 Å². The van der Waals surface area contributed by atoms with Gasteiger partial charge in [-0.1, -0.05) is 17.7 Å². The summed E-state index contributed by atoms with van der Waals surface area (Å²) in [6.45, 7) is 6.32. The third kappa shape index (κ3) is 5.47. The Morgan fingerprint density at radius 1 is 1.30 bits per heavy atom. The molecule has 0 unspecified atom stereocenters. The molecule has 0 radical (unpaired) electrons. The highest BCUT2D eigenvalue weighted by atomic mass is 35.5. The highest BCUT2D eigenvalue weighted by molar-refractivity contribution is 6.31. The number of nitrogens with one attached hydrogen (secondary N) is 3. The van der Waals surface area contributed by atoms with Gasteiger partial charge in [0, 0.05) is 23.6 Å². The van der Waals surface area contributed by atoms with Gasteiger partial charge in [-0.3, -0.25) is 4.79 Å². The average Bonchev–Trinajstić information content (AvgIpc) is 3.12. The van der Waals surface area contributed by atoms with Gasteiger partial charge in [-0.2, -0.15) is 0 Å². The highest BCUT2D eigenvalue weighted by Gasteiger charge is 2.20. The second-order valence-corrected chi connectivity index (χ2v) is 7.35. The number of quaternary nitrogens is 2. The monoisotopic (exact) mass is 397 g/mol. The molecule has 1 aromatic heterocycles. The summed E-state index contributed by atoms with van der Waals surface area (Å²) in [7, 11) is 2.22. The molecular weight excluding hydrogens is 373 g/mol. The van der Waals surface area contributed by atoms with E-state index in [0.29, 0.717) is 6.54 Å². The van der Waals surface area contributed by atoms with Crippen molar-refractivity contribution in [1.29, 1.82) is 0 Å². The molecule has 1 aromatic carbocycles. The number of halogens is 2. The molecular formula is C18H25ClFN5O2+2. The zero-order valence-corrected chi connectivity index (χ0v) is 16.1. The van der Waals surface area contributed by atoms with Gasteiger partial charge in [0.1, 0.15) is 32.0 Å². The van der Waals surface area contributed by atoms with Crippen LogP contribution in [0.25, 0.3) is 0 Å². The Kier molecular flexibility index (Phi) is 6.76. The van der Waals surface area contributed by atoms with Gasteiger partial charge in [-0.25, -0.2) is 4.39 Å². The molecule has 3 N–H and O–H groups in total. The topological polar surface area (TPSA) is 76.9 Å². The van der Waals surface area contributed by atoms with Gasteiger partial charge in [-0.05, 0) is 12.1 Å². The fourth-order valence-electron chi connectivity index (χ4n) is 3.17. The minimum absolute atomic E-state index is 0.0422. The molecule has 9 heteroatoms. The lowest BCUT2D eigenvalue weighted by atomic mass is 10.1. The minimum Gasteiger partial charge on any atom is -0.417 e. The molecule has 2 heterocycles. The minimum atomic E-state index is -0.445. The lowest BCUT2D eigenvalue weighted by Gasteiger charge is -2.27. The number of carbonyl (C=O) groups excluding carboxylic acids is 1. The molecule has 1 saturated heterocycles. The van der Waals surface area contributed by atoms with Crippen molar-refractivity contribution in [2.24, 2.45) is 0 Å². The van der Waals surface area contributed by atoms with Crippen LogP contribution in [0.3, 0.4) is 0 Å². The van der Waals surface area contributed by atoms with Gasteiger partial charge in [0.25, 0.3) is 0 Å². The number of piperazine rings is 1. The summed E-state index contributed by atoms with van der Waals surface area (Å²) in [6.07, 6.45) is 0.937. The van der Waals surface area contributed by atoms with E-state index in [1.165, 1.54) is 38.3 Å². The van der Waals surface area contributed by atoms with Crippen LogP contribution in [0.15, 0.2) is 22.6 Å². The zero-order chi connectivity index (χ0) is 19.2. The van der Waals surface area contributed by atoms with Crippen LogP contribution in [-0.2, 0) is 6.42 Å². The van der Waals surface area contributed by atoms with Crippen molar-refractivity contribution in [3.8, 4) is 0 Å². The Labute approximate surface area is 162 Å². The van der Waals surface area contributed by atoms with Crippen molar-refractivity contribution < 1.29 is 23.4 Å². The molecule has 0 saturated carbocycles. The SMILES string of the molecule is C[NH+]1CC[NH+](CCCNC(=O)c2nnc(Cc3c(F)cccc3Cl)o2)CC1. The number of rotatable bonds is 7. The zero-order valence-electron chi connectivity index (χ0n) is 15.4. The molecule has 1 aliphatic heterocycles. The third-order valence-electron chi connectivity index (χ3n) is 4.85.